The van der Waals surface area contributed by atoms with Crippen molar-refractivity contribution in [1.82, 2.24) is 19.2 Å². The molecule has 0 atom stereocenters. The van der Waals surface area contributed by atoms with Crippen LogP contribution in [0.1, 0.15) is 41.3 Å². The first-order valence-electron chi connectivity index (χ1n) is 12.3. The molecule has 0 aliphatic rings. The van der Waals surface area contributed by atoms with Gasteiger partial charge in [0, 0.05) is 36.1 Å². The Labute approximate surface area is 217 Å². The average molecular weight is 518 g/mol. The molecule has 0 unspecified atom stereocenters. The number of nitrogens with one attached hydrogen (secondary N) is 1. The second-order valence-corrected chi connectivity index (χ2v) is 9.13. The zero-order valence-corrected chi connectivity index (χ0v) is 21.0. The molecule has 38 heavy (non-hydrogen) atoms. The fraction of sp³-hybridized carbons (Fsp3) is 0.207. The van der Waals surface area contributed by atoms with Gasteiger partial charge in [0.25, 0.3) is 5.91 Å². The van der Waals surface area contributed by atoms with Crippen LogP contribution in [0.2, 0.25) is 0 Å². The van der Waals surface area contributed by atoms with Crippen molar-refractivity contribution in [2.75, 3.05) is 5.32 Å². The van der Waals surface area contributed by atoms with Gasteiger partial charge in [0.15, 0.2) is 0 Å². The van der Waals surface area contributed by atoms with E-state index in [-0.39, 0.29) is 16.8 Å². The molecule has 0 radical (unpaired) electrons. The minimum absolute atomic E-state index is 0.0761. The third kappa shape index (κ3) is 5.04. The van der Waals surface area contributed by atoms with Gasteiger partial charge in [-0.05, 0) is 54.8 Å². The summed E-state index contributed by atoms with van der Waals surface area (Å²) < 4.78 is 44.5. The number of hydrogen-bond donors (Lipinski definition) is 1. The maximum atomic E-state index is 13.8. The Kier molecular flexibility index (Phi) is 6.75. The summed E-state index contributed by atoms with van der Waals surface area (Å²) in [6.45, 7) is 2.13. The number of aryl methyl sites for hydroxylation is 2. The number of pyridine rings is 1. The van der Waals surface area contributed by atoms with Crippen molar-refractivity contribution in [2.45, 2.75) is 32.4 Å². The van der Waals surface area contributed by atoms with E-state index in [9.17, 15) is 18.0 Å². The lowest BCUT2D eigenvalue weighted by Crippen LogP contribution is -2.16. The van der Waals surface area contributed by atoms with E-state index in [1.165, 1.54) is 22.9 Å². The van der Waals surface area contributed by atoms with Crippen molar-refractivity contribution in [3.05, 3.63) is 95.8 Å². The number of carbonyl (C=O) groups is 1. The first-order chi connectivity index (χ1) is 18.2. The van der Waals surface area contributed by atoms with Crippen LogP contribution in [0.25, 0.3) is 28.2 Å². The molecule has 0 aliphatic carbocycles. The van der Waals surface area contributed by atoms with Crippen LogP contribution in [0.4, 0.5) is 19.0 Å². The molecule has 1 amide bonds. The molecule has 0 aliphatic heterocycles. The van der Waals surface area contributed by atoms with Crippen molar-refractivity contribution in [3.8, 4) is 22.5 Å². The maximum absolute atomic E-state index is 13.8. The number of anilines is 1. The quantitative estimate of drug-likeness (QED) is 0.252. The summed E-state index contributed by atoms with van der Waals surface area (Å²) in [4.78, 5) is 18.2. The molecule has 0 bridgehead atoms. The number of hydrogen-bond acceptors (Lipinski definition) is 3. The van der Waals surface area contributed by atoms with E-state index >= 15 is 0 Å². The van der Waals surface area contributed by atoms with Crippen LogP contribution in [-0.2, 0) is 19.6 Å². The van der Waals surface area contributed by atoms with Gasteiger partial charge in [-0.15, -0.1) is 0 Å². The largest absolute Gasteiger partial charge is 0.417 e. The Hall–Kier alpha value is -4.40. The molecule has 3 heterocycles. The summed E-state index contributed by atoms with van der Waals surface area (Å²) in [6.07, 6.45) is 1.87. The van der Waals surface area contributed by atoms with Gasteiger partial charge in [0.05, 0.1) is 11.3 Å². The van der Waals surface area contributed by atoms with E-state index in [4.69, 9.17) is 4.98 Å². The molecule has 0 fully saturated rings. The van der Waals surface area contributed by atoms with E-state index in [0.717, 1.165) is 36.5 Å². The number of alkyl halides is 3. The van der Waals surface area contributed by atoms with Gasteiger partial charge in [-0.1, -0.05) is 43.7 Å². The Morgan fingerprint density at radius 2 is 1.79 bits per heavy atom. The third-order valence-corrected chi connectivity index (χ3v) is 6.37. The van der Waals surface area contributed by atoms with Crippen molar-refractivity contribution in [3.63, 3.8) is 0 Å². The summed E-state index contributed by atoms with van der Waals surface area (Å²) >= 11 is 0. The van der Waals surface area contributed by atoms with Gasteiger partial charge in [-0.25, -0.2) is 4.98 Å². The van der Waals surface area contributed by atoms with Gasteiger partial charge < -0.3 is 5.32 Å². The van der Waals surface area contributed by atoms with Crippen LogP contribution in [0, 0.1) is 0 Å². The van der Waals surface area contributed by atoms with E-state index in [2.05, 4.69) is 17.3 Å². The predicted octanol–water partition coefficient (Wildman–Crippen LogP) is 7.02. The van der Waals surface area contributed by atoms with Crippen molar-refractivity contribution < 1.29 is 18.0 Å². The van der Waals surface area contributed by atoms with Crippen LogP contribution in [-0.4, -0.2) is 25.1 Å². The molecular formula is C29H26F3N5O. The van der Waals surface area contributed by atoms with E-state index in [0.29, 0.717) is 17.2 Å². The minimum atomic E-state index is -4.60. The van der Waals surface area contributed by atoms with Gasteiger partial charge in [0.2, 0.25) is 0 Å². The zero-order valence-electron chi connectivity index (χ0n) is 21.0. The molecule has 0 saturated carbocycles. The predicted molar refractivity (Wildman–Crippen MR) is 141 cm³/mol. The van der Waals surface area contributed by atoms with Crippen LogP contribution < -0.4 is 5.32 Å². The summed E-state index contributed by atoms with van der Waals surface area (Å²) in [5.41, 5.74) is 2.39. The lowest BCUT2D eigenvalue weighted by atomic mass is 10.0. The Bertz CT molecular complexity index is 1600. The fourth-order valence-electron chi connectivity index (χ4n) is 4.42. The molecule has 5 rings (SSSR count). The van der Waals surface area contributed by atoms with Crippen LogP contribution in [0.15, 0.2) is 79.1 Å². The van der Waals surface area contributed by atoms with Crippen molar-refractivity contribution >= 4 is 17.4 Å². The third-order valence-electron chi connectivity index (χ3n) is 6.37. The van der Waals surface area contributed by atoms with Gasteiger partial charge in [0.1, 0.15) is 17.2 Å². The monoisotopic (exact) mass is 517 g/mol. The molecule has 2 aromatic carbocycles. The number of benzene rings is 2. The smallest absolute Gasteiger partial charge is 0.306 e. The fourth-order valence-corrected chi connectivity index (χ4v) is 4.42. The summed E-state index contributed by atoms with van der Waals surface area (Å²) in [6, 6.07) is 18.3. The highest BCUT2D eigenvalue weighted by molar-refractivity contribution is 6.06. The Morgan fingerprint density at radius 3 is 2.47 bits per heavy atom. The van der Waals surface area contributed by atoms with Crippen LogP contribution in [0.5, 0.6) is 0 Å². The highest BCUT2D eigenvalue weighted by Crippen LogP contribution is 2.37. The second-order valence-electron chi connectivity index (χ2n) is 9.13. The van der Waals surface area contributed by atoms with Gasteiger partial charge in [-0.3, -0.25) is 13.9 Å². The molecule has 3 aromatic heterocycles. The average Bonchev–Trinajstić information content (AvgIpc) is 3.50. The number of carbonyl (C=O) groups excluding carboxylic acids is 1. The molecular weight excluding hydrogens is 491 g/mol. The SMILES string of the molecule is CCCCc1ccn2c(NC(=O)c3ccc(C(F)(F)F)c(-c4ccn(C)n4)c3)c(-c3ccccc3)nc2c1. The Balaban J connectivity index is 1.57. The first-order valence-corrected chi connectivity index (χ1v) is 12.3. The number of imidazole rings is 1. The minimum Gasteiger partial charge on any atom is -0.306 e. The van der Waals surface area contributed by atoms with Gasteiger partial charge in [-0.2, -0.15) is 18.3 Å². The van der Waals surface area contributed by atoms with Crippen molar-refractivity contribution in [2.24, 2.45) is 7.05 Å². The summed E-state index contributed by atoms with van der Waals surface area (Å²) in [5, 5.41) is 7.03. The molecule has 194 valence electrons. The number of fused-ring (bicyclic) bond motifs is 1. The van der Waals surface area contributed by atoms with Crippen LogP contribution in [0.3, 0.4) is 0 Å². The number of rotatable bonds is 7. The van der Waals surface area contributed by atoms with E-state index in [1.807, 2.05) is 48.7 Å². The van der Waals surface area contributed by atoms with E-state index in [1.54, 1.807) is 17.6 Å². The standard InChI is InChI=1S/C29H26F3N5O/c1-3-4-8-19-13-16-37-25(17-19)33-26(20-9-6-5-7-10-20)27(37)34-28(38)21-11-12-23(29(30,31)32)22(18-21)24-14-15-36(2)35-24/h5-7,9-18H,3-4,8H2,1-2H3,(H,34,38). The zero-order chi connectivity index (χ0) is 26.9. The topological polar surface area (TPSA) is 64.2 Å². The molecule has 0 spiro atoms. The summed E-state index contributed by atoms with van der Waals surface area (Å²) in [5.74, 6) is -0.109. The van der Waals surface area contributed by atoms with Crippen molar-refractivity contribution in [1.29, 1.82) is 0 Å². The number of amides is 1. The number of unbranched alkanes of at least 4 members (excludes halogenated alkanes) is 1. The number of halogens is 3. The van der Waals surface area contributed by atoms with Crippen LogP contribution >= 0.6 is 0 Å². The second kappa shape index (κ2) is 10.2. The van der Waals surface area contributed by atoms with E-state index < -0.39 is 17.6 Å². The molecule has 9 heteroatoms. The molecule has 6 nitrogen and oxygen atoms in total. The lowest BCUT2D eigenvalue weighted by Gasteiger charge is -2.14. The maximum Gasteiger partial charge on any atom is 0.417 e. The Morgan fingerprint density at radius 1 is 1.00 bits per heavy atom. The highest BCUT2D eigenvalue weighted by Gasteiger charge is 2.34. The molecule has 5 aromatic rings. The molecule has 1 N–H and O–H groups in total. The lowest BCUT2D eigenvalue weighted by molar-refractivity contribution is -0.137. The number of nitrogens with zero attached hydrogens (tertiary/aromatic N) is 4. The first kappa shape index (κ1) is 25.3. The number of aromatic nitrogens is 4. The highest BCUT2D eigenvalue weighted by atomic mass is 19.4. The summed E-state index contributed by atoms with van der Waals surface area (Å²) in [7, 11) is 1.62. The normalized spacial score (nSPS) is 11.7. The van der Waals surface area contributed by atoms with Gasteiger partial charge >= 0.3 is 6.18 Å². The molecule has 0 saturated heterocycles.